The van der Waals surface area contributed by atoms with E-state index in [2.05, 4.69) is 41.7 Å². The van der Waals surface area contributed by atoms with Crippen molar-refractivity contribution in [3.05, 3.63) is 106 Å². The first-order valence-electron chi connectivity index (χ1n) is 16.4. The summed E-state index contributed by atoms with van der Waals surface area (Å²) in [5.41, 5.74) is 2.19. The molecule has 11 nitrogen and oxygen atoms in total. The summed E-state index contributed by atoms with van der Waals surface area (Å²) in [5.74, 6) is 0. The Morgan fingerprint density at radius 3 is 2.31 bits per heavy atom. The predicted octanol–water partition coefficient (Wildman–Crippen LogP) is 2.88. The van der Waals surface area contributed by atoms with Crippen LogP contribution in [0.15, 0.2) is 71.7 Å². The summed E-state index contributed by atoms with van der Waals surface area (Å²) in [5, 5.41) is 21.2. The monoisotopic (exact) mass is 721 g/mol. The highest BCUT2D eigenvalue weighted by atomic mass is 35.5. The zero-order chi connectivity index (χ0) is 36.0. The van der Waals surface area contributed by atoms with E-state index in [1.54, 1.807) is 37.3 Å². The molecular formula is C36H39ClF3N9O2. The van der Waals surface area contributed by atoms with Gasteiger partial charge < -0.3 is 22.2 Å². The molecule has 3 heterocycles. The highest BCUT2D eigenvalue weighted by molar-refractivity contribution is 5.83. The van der Waals surface area contributed by atoms with Crippen molar-refractivity contribution in [3.8, 4) is 28.8 Å². The lowest BCUT2D eigenvalue weighted by molar-refractivity contribution is -0.929. The van der Waals surface area contributed by atoms with Crippen LogP contribution in [0.3, 0.4) is 0 Å². The Labute approximate surface area is 299 Å². The van der Waals surface area contributed by atoms with Crippen LogP contribution in [-0.4, -0.2) is 65.4 Å². The molecule has 5 aromatic rings. The molecule has 0 bridgehead atoms. The van der Waals surface area contributed by atoms with Crippen molar-refractivity contribution in [2.45, 2.75) is 64.3 Å². The van der Waals surface area contributed by atoms with Gasteiger partial charge in [-0.05, 0) is 81.3 Å². The maximum Gasteiger partial charge on any atom is 0.416 e. The summed E-state index contributed by atoms with van der Waals surface area (Å²) in [6.07, 6.45) is -0.0204. The molecule has 0 saturated heterocycles. The Morgan fingerprint density at radius 2 is 1.71 bits per heavy atom. The molecule has 0 spiro atoms. The van der Waals surface area contributed by atoms with E-state index >= 15 is 0 Å². The number of hydrogen-bond acceptors (Lipinski definition) is 5. The number of nitrogens with one attached hydrogen (secondary N) is 1. The van der Waals surface area contributed by atoms with Gasteiger partial charge in [-0.15, -0.1) is 0 Å². The minimum atomic E-state index is -4.63. The number of halogens is 4. The van der Waals surface area contributed by atoms with Gasteiger partial charge in [-0.3, -0.25) is 9.25 Å². The van der Waals surface area contributed by atoms with Crippen molar-refractivity contribution >= 4 is 6.03 Å². The van der Waals surface area contributed by atoms with Crippen LogP contribution in [-0.2, 0) is 19.8 Å². The topological polar surface area (TPSA) is 115 Å². The van der Waals surface area contributed by atoms with Crippen LogP contribution in [0.25, 0.3) is 22.8 Å². The molecular weight excluding hydrogens is 683 g/mol. The predicted molar refractivity (Wildman–Crippen MR) is 181 cm³/mol. The molecule has 0 aliphatic heterocycles. The van der Waals surface area contributed by atoms with E-state index in [0.717, 1.165) is 56.5 Å². The Kier molecular flexibility index (Phi) is 10.4. The Morgan fingerprint density at radius 1 is 1.02 bits per heavy atom. The van der Waals surface area contributed by atoms with E-state index in [0.29, 0.717) is 35.8 Å². The van der Waals surface area contributed by atoms with Crippen molar-refractivity contribution in [3.63, 3.8) is 0 Å². The number of amides is 1. The number of carbonyl (C=O) groups excluding carboxylic acids is 1. The lowest BCUT2D eigenvalue weighted by Gasteiger charge is -2.41. The van der Waals surface area contributed by atoms with Gasteiger partial charge in [0.05, 0.1) is 77.7 Å². The highest BCUT2D eigenvalue weighted by Gasteiger charge is 2.36. The first kappa shape index (κ1) is 37.1. The van der Waals surface area contributed by atoms with Gasteiger partial charge in [0, 0.05) is 25.9 Å². The normalized spacial score (nSPS) is 16.4. The van der Waals surface area contributed by atoms with E-state index in [4.69, 9.17) is 0 Å². The van der Waals surface area contributed by atoms with Crippen molar-refractivity contribution in [1.29, 1.82) is 5.26 Å². The zero-order valence-corrected chi connectivity index (χ0v) is 29.7. The Balaban J connectivity index is 0.00000504. The molecule has 0 atom stereocenters. The molecule has 6 rings (SSSR count). The van der Waals surface area contributed by atoms with Crippen LogP contribution in [0.4, 0.5) is 18.0 Å². The molecule has 1 aliphatic rings. The smallest absolute Gasteiger partial charge is 0.416 e. The fourth-order valence-electron chi connectivity index (χ4n) is 7.10. The lowest BCUT2D eigenvalue weighted by atomic mass is 9.89. The van der Waals surface area contributed by atoms with Gasteiger partial charge in [0.15, 0.2) is 0 Å². The number of aromatic nitrogens is 6. The minimum Gasteiger partial charge on any atom is -1.00 e. The van der Waals surface area contributed by atoms with Gasteiger partial charge in [0.2, 0.25) is 0 Å². The van der Waals surface area contributed by atoms with Crippen molar-refractivity contribution in [1.82, 2.24) is 34.0 Å². The van der Waals surface area contributed by atoms with E-state index in [1.807, 2.05) is 18.7 Å². The van der Waals surface area contributed by atoms with E-state index < -0.39 is 23.5 Å². The quantitative estimate of drug-likeness (QED) is 0.260. The lowest BCUT2D eigenvalue weighted by Crippen LogP contribution is -3.00. The van der Waals surface area contributed by atoms with Gasteiger partial charge in [-0.2, -0.15) is 28.6 Å². The van der Waals surface area contributed by atoms with Gasteiger partial charge in [0.1, 0.15) is 12.2 Å². The molecule has 0 unspecified atom stereocenters. The van der Waals surface area contributed by atoms with Gasteiger partial charge in [-0.25, -0.2) is 18.8 Å². The SMILES string of the molecule is Cc1cc(C[N+](C)(C)C2CCC(NC(=O)n3c(-c4ccnn4-c4ccc(C#N)cc4)c(C)n(-c4cccc(C(F)(F)F)c4)c3=O)CC2)n(C)n1.[Cl-]. The molecule has 0 radical (unpaired) electrons. The number of nitriles is 1. The molecule has 3 aromatic heterocycles. The van der Waals surface area contributed by atoms with Crippen molar-refractivity contribution in [2.75, 3.05) is 14.1 Å². The number of quaternary nitrogens is 1. The third-order valence-electron chi connectivity index (χ3n) is 9.73. The van der Waals surface area contributed by atoms with E-state index in [-0.39, 0.29) is 35.5 Å². The summed E-state index contributed by atoms with van der Waals surface area (Å²) in [6, 6.07) is 16.3. The van der Waals surface area contributed by atoms with Crippen LogP contribution < -0.4 is 23.4 Å². The number of aryl methyl sites for hydroxylation is 2. The van der Waals surface area contributed by atoms with Gasteiger partial charge in [0.25, 0.3) is 0 Å². The number of imidazole rings is 1. The maximum atomic E-state index is 14.2. The largest absolute Gasteiger partial charge is 1.00 e. The summed E-state index contributed by atoms with van der Waals surface area (Å²) in [7, 11) is 6.35. The Bertz CT molecular complexity index is 2150. The molecule has 1 amide bonds. The molecule has 15 heteroatoms. The summed E-state index contributed by atoms with van der Waals surface area (Å²) in [6.45, 7) is 4.38. The molecule has 268 valence electrons. The molecule has 2 aromatic carbocycles. The first-order valence-corrected chi connectivity index (χ1v) is 16.4. The minimum absolute atomic E-state index is 0. The highest BCUT2D eigenvalue weighted by Crippen LogP contribution is 2.33. The van der Waals surface area contributed by atoms with Crippen LogP contribution in [0.1, 0.15) is 53.9 Å². The number of carbonyl (C=O) groups is 1. The molecule has 1 saturated carbocycles. The van der Waals surface area contributed by atoms with Gasteiger partial charge >= 0.3 is 17.9 Å². The molecule has 1 aliphatic carbocycles. The third kappa shape index (κ3) is 7.36. The van der Waals surface area contributed by atoms with Crippen molar-refractivity contribution < 1.29 is 34.9 Å². The zero-order valence-electron chi connectivity index (χ0n) is 28.9. The van der Waals surface area contributed by atoms with Gasteiger partial charge in [-0.1, -0.05) is 6.07 Å². The van der Waals surface area contributed by atoms with Crippen LogP contribution in [0.5, 0.6) is 0 Å². The number of hydrogen-bond donors (Lipinski definition) is 1. The second-order valence-electron chi connectivity index (χ2n) is 13.5. The number of benzene rings is 2. The summed E-state index contributed by atoms with van der Waals surface area (Å²) < 4.78 is 47.5. The molecule has 51 heavy (non-hydrogen) atoms. The average molecular weight is 722 g/mol. The standard InChI is InChI=1S/C36H38F3N9O2.ClH/c1-23-19-30(44(3)43-23)22-48(4,5)31-15-11-27(12-16-31)42-34(49)46-33(32-17-18-41-47(32)28-13-9-25(21-40)10-14-28)24(2)45(35(46)50)29-8-6-7-26(20-29)36(37,38)39;/h6-10,13-14,17-20,27,31H,11-12,15-16,22H2,1-5H3;1H. The maximum absolute atomic E-state index is 14.2. The van der Waals surface area contributed by atoms with Crippen LogP contribution >= 0.6 is 0 Å². The fourth-order valence-corrected chi connectivity index (χ4v) is 7.10. The first-order chi connectivity index (χ1) is 23.7. The Hall–Kier alpha value is -5.13. The average Bonchev–Trinajstić information content (AvgIpc) is 3.75. The number of alkyl halides is 3. The van der Waals surface area contributed by atoms with E-state index in [1.165, 1.54) is 23.0 Å². The second-order valence-corrected chi connectivity index (χ2v) is 13.5. The summed E-state index contributed by atoms with van der Waals surface area (Å²) in [4.78, 5) is 28.3. The van der Waals surface area contributed by atoms with Crippen LogP contribution in [0.2, 0.25) is 0 Å². The molecule has 1 N–H and O–H groups in total. The van der Waals surface area contributed by atoms with Crippen molar-refractivity contribution in [2.24, 2.45) is 7.05 Å². The fraction of sp³-hybridized carbons (Fsp3) is 0.361. The number of nitrogens with zero attached hydrogens (tertiary/aromatic N) is 8. The second kappa shape index (κ2) is 14.2. The number of rotatable bonds is 7. The molecule has 1 fully saturated rings. The summed E-state index contributed by atoms with van der Waals surface area (Å²) >= 11 is 0. The third-order valence-corrected chi connectivity index (χ3v) is 9.73. The van der Waals surface area contributed by atoms with E-state index in [9.17, 15) is 28.0 Å². The van der Waals surface area contributed by atoms with Crippen LogP contribution in [0, 0.1) is 25.2 Å².